The molecule has 4 heterocycles. The van der Waals surface area contributed by atoms with Gasteiger partial charge in [-0.3, -0.25) is 18.8 Å². The summed E-state index contributed by atoms with van der Waals surface area (Å²) in [6.07, 6.45) is 8.63. The first kappa shape index (κ1) is 24.2. The first-order chi connectivity index (χ1) is 17.7. The molecule has 7 nitrogen and oxygen atoms in total. The maximum atomic E-state index is 14.2. The van der Waals surface area contributed by atoms with Crippen LogP contribution in [0.5, 0.6) is 0 Å². The van der Waals surface area contributed by atoms with E-state index in [-0.39, 0.29) is 28.8 Å². The van der Waals surface area contributed by atoms with E-state index >= 15 is 0 Å². The van der Waals surface area contributed by atoms with Crippen LogP contribution in [0.2, 0.25) is 0 Å². The molecule has 1 spiro atoms. The molecule has 0 aromatic carbocycles. The Morgan fingerprint density at radius 3 is 2.49 bits per heavy atom. The summed E-state index contributed by atoms with van der Waals surface area (Å²) in [7, 11) is 2.13. The standard InChI is InChI=1S/C27H37F3N6O/c1-33-17-31-32-23(33)26(6-3-7-26)19-4-2-5-20(11-19)35-14-22-21(27(28,29)30)10-18(13-36(22)24(35)37)12-34-15-25(16-34)8-9-25/h10,13-14,19-20,23,31-32H,2-9,11-12,15-17H2,1H3. The van der Waals surface area contributed by atoms with Crippen LogP contribution >= 0.6 is 0 Å². The number of hydrazine groups is 1. The number of aromatic nitrogens is 2. The third-order valence-corrected chi connectivity index (χ3v) is 10.3. The van der Waals surface area contributed by atoms with Crippen LogP contribution in [-0.4, -0.2) is 51.7 Å². The topological polar surface area (TPSA) is 56.9 Å². The third kappa shape index (κ3) is 3.89. The van der Waals surface area contributed by atoms with Gasteiger partial charge in [-0.05, 0) is 75.0 Å². The lowest BCUT2D eigenvalue weighted by molar-refractivity contribution is -0.136. The quantitative estimate of drug-likeness (QED) is 0.628. The number of alkyl halides is 3. The van der Waals surface area contributed by atoms with E-state index in [1.54, 1.807) is 10.8 Å². The zero-order valence-electron chi connectivity index (χ0n) is 21.5. The molecule has 37 heavy (non-hydrogen) atoms. The minimum atomic E-state index is -4.51. The fourth-order valence-corrected chi connectivity index (χ4v) is 8.08. The Bertz CT molecular complexity index is 1250. The fraction of sp³-hybridized carbons (Fsp3) is 0.741. The lowest BCUT2D eigenvalue weighted by atomic mass is 9.55. The zero-order chi connectivity index (χ0) is 25.6. The number of hydrogen-bond acceptors (Lipinski definition) is 5. The van der Waals surface area contributed by atoms with Crippen molar-refractivity contribution < 1.29 is 13.2 Å². The molecular formula is C27H37F3N6O. The van der Waals surface area contributed by atoms with E-state index in [2.05, 4.69) is 27.7 Å². The SMILES string of the molecule is CN1CNNC1C1(C2CCCC(n3cc4c(C(F)(F)F)cc(CN5CC6(CC6)C5)cn4c3=O)C2)CCC1. The second-order valence-corrected chi connectivity index (χ2v) is 12.7. The monoisotopic (exact) mass is 518 g/mol. The van der Waals surface area contributed by atoms with Gasteiger partial charge in [-0.25, -0.2) is 15.6 Å². The molecule has 2 N–H and O–H groups in total. The zero-order valence-corrected chi connectivity index (χ0v) is 21.5. The number of imidazole rings is 1. The van der Waals surface area contributed by atoms with Gasteiger partial charge in [-0.1, -0.05) is 12.8 Å². The number of hydrogen-bond donors (Lipinski definition) is 2. The molecule has 0 amide bonds. The molecular weight excluding hydrogens is 481 g/mol. The van der Waals surface area contributed by atoms with E-state index in [0.29, 0.717) is 23.4 Å². The molecule has 5 fully saturated rings. The summed E-state index contributed by atoms with van der Waals surface area (Å²) in [6.45, 7) is 3.17. The van der Waals surface area contributed by atoms with Gasteiger partial charge in [0, 0.05) is 43.5 Å². The minimum Gasteiger partial charge on any atom is -0.298 e. The van der Waals surface area contributed by atoms with Gasteiger partial charge in [0.1, 0.15) is 0 Å². The molecule has 2 aromatic heterocycles. The fourth-order valence-electron chi connectivity index (χ4n) is 8.08. The molecule has 3 atom stereocenters. The summed E-state index contributed by atoms with van der Waals surface area (Å²) < 4.78 is 45.4. The van der Waals surface area contributed by atoms with Crippen molar-refractivity contribution in [1.82, 2.24) is 29.6 Å². The molecule has 2 saturated heterocycles. The molecule has 2 aliphatic heterocycles. The van der Waals surface area contributed by atoms with E-state index < -0.39 is 11.7 Å². The van der Waals surface area contributed by atoms with E-state index in [0.717, 1.165) is 58.3 Å². The summed E-state index contributed by atoms with van der Waals surface area (Å²) >= 11 is 0. The van der Waals surface area contributed by atoms with Crippen LogP contribution in [0.25, 0.3) is 5.52 Å². The molecule has 7 rings (SSSR count). The second kappa shape index (κ2) is 8.31. The van der Waals surface area contributed by atoms with Gasteiger partial charge in [0.25, 0.3) is 0 Å². The van der Waals surface area contributed by atoms with Crippen LogP contribution in [0.1, 0.15) is 75.0 Å². The smallest absolute Gasteiger partial charge is 0.298 e. The number of fused-ring (bicyclic) bond motifs is 1. The van der Waals surface area contributed by atoms with Gasteiger partial charge in [-0.2, -0.15) is 13.2 Å². The normalized spacial score (nSPS) is 31.5. The second-order valence-electron chi connectivity index (χ2n) is 12.7. The number of halogens is 3. The van der Waals surface area contributed by atoms with E-state index in [1.165, 1.54) is 35.9 Å². The Hall–Kier alpha value is -1.88. The Balaban J connectivity index is 1.20. The summed E-state index contributed by atoms with van der Waals surface area (Å²) in [4.78, 5) is 18.1. The summed E-state index contributed by atoms with van der Waals surface area (Å²) in [5.41, 5.74) is 6.83. The van der Waals surface area contributed by atoms with Crippen molar-refractivity contribution in [2.24, 2.45) is 16.7 Å². The van der Waals surface area contributed by atoms with Crippen molar-refractivity contribution in [3.8, 4) is 0 Å². The van der Waals surface area contributed by atoms with Crippen molar-refractivity contribution in [3.05, 3.63) is 40.1 Å². The molecule has 0 bridgehead atoms. The van der Waals surface area contributed by atoms with Crippen LogP contribution in [0.15, 0.2) is 23.3 Å². The first-order valence-electron chi connectivity index (χ1n) is 13.9. The number of likely N-dealkylation sites (tertiary alicyclic amines) is 1. The first-order valence-corrected chi connectivity index (χ1v) is 13.9. The molecule has 3 unspecified atom stereocenters. The lowest BCUT2D eigenvalue weighted by Gasteiger charge is -2.55. The molecule has 5 aliphatic rings. The van der Waals surface area contributed by atoms with Crippen molar-refractivity contribution in [1.29, 1.82) is 0 Å². The summed E-state index contributed by atoms with van der Waals surface area (Å²) in [6, 6.07) is 1.19. The predicted octanol–water partition coefficient (Wildman–Crippen LogP) is 3.94. The molecule has 0 radical (unpaired) electrons. The van der Waals surface area contributed by atoms with E-state index in [9.17, 15) is 18.0 Å². The molecule has 10 heteroatoms. The van der Waals surface area contributed by atoms with Crippen molar-refractivity contribution in [2.75, 3.05) is 26.8 Å². The van der Waals surface area contributed by atoms with Gasteiger partial charge in [0.2, 0.25) is 0 Å². The summed E-state index contributed by atoms with van der Waals surface area (Å²) in [5.74, 6) is 0.438. The number of nitrogens with one attached hydrogen (secondary N) is 2. The molecule has 202 valence electrons. The van der Waals surface area contributed by atoms with Crippen molar-refractivity contribution >= 4 is 5.52 Å². The highest BCUT2D eigenvalue weighted by atomic mass is 19.4. The van der Waals surface area contributed by atoms with Crippen LogP contribution < -0.4 is 16.5 Å². The highest BCUT2D eigenvalue weighted by Gasteiger charge is 2.54. The van der Waals surface area contributed by atoms with Crippen LogP contribution in [0.3, 0.4) is 0 Å². The highest BCUT2D eigenvalue weighted by Crippen LogP contribution is 2.56. The van der Waals surface area contributed by atoms with Crippen LogP contribution in [0, 0.1) is 16.7 Å². The van der Waals surface area contributed by atoms with Crippen molar-refractivity contribution in [2.45, 2.75) is 82.7 Å². The Labute approximate surface area is 214 Å². The maximum absolute atomic E-state index is 14.2. The molecule has 3 saturated carbocycles. The van der Waals surface area contributed by atoms with E-state index in [1.807, 2.05) is 0 Å². The summed E-state index contributed by atoms with van der Waals surface area (Å²) in [5, 5.41) is 0. The number of pyridine rings is 1. The number of nitrogens with zero attached hydrogens (tertiary/aromatic N) is 4. The average molecular weight is 519 g/mol. The van der Waals surface area contributed by atoms with Gasteiger partial charge < -0.3 is 0 Å². The van der Waals surface area contributed by atoms with Crippen LogP contribution in [0.4, 0.5) is 13.2 Å². The maximum Gasteiger partial charge on any atom is 0.418 e. The largest absolute Gasteiger partial charge is 0.418 e. The van der Waals surface area contributed by atoms with Crippen LogP contribution in [-0.2, 0) is 12.7 Å². The van der Waals surface area contributed by atoms with Gasteiger partial charge >= 0.3 is 11.9 Å². The highest BCUT2D eigenvalue weighted by molar-refractivity contribution is 5.56. The minimum absolute atomic E-state index is 0.0228. The van der Waals surface area contributed by atoms with Gasteiger partial charge in [-0.15, -0.1) is 0 Å². The average Bonchev–Trinajstić information content (AvgIpc) is 3.39. The predicted molar refractivity (Wildman–Crippen MR) is 134 cm³/mol. The van der Waals surface area contributed by atoms with E-state index in [4.69, 9.17) is 0 Å². The van der Waals surface area contributed by atoms with Crippen molar-refractivity contribution in [3.63, 3.8) is 0 Å². The van der Waals surface area contributed by atoms with Gasteiger partial charge in [0.05, 0.1) is 23.9 Å². The Kier molecular flexibility index (Phi) is 5.43. The van der Waals surface area contributed by atoms with Gasteiger partial charge in [0.15, 0.2) is 0 Å². The number of rotatable bonds is 5. The lowest BCUT2D eigenvalue weighted by Crippen LogP contribution is -2.57. The molecule has 2 aromatic rings. The third-order valence-electron chi connectivity index (χ3n) is 10.3. The molecule has 3 aliphatic carbocycles. The Morgan fingerprint density at radius 2 is 1.86 bits per heavy atom. The Morgan fingerprint density at radius 1 is 1.08 bits per heavy atom.